The van der Waals surface area contributed by atoms with Crippen molar-refractivity contribution in [1.29, 1.82) is 0 Å². The molecule has 0 aromatic heterocycles. The van der Waals surface area contributed by atoms with Crippen molar-refractivity contribution in [3.8, 4) is 0 Å². The van der Waals surface area contributed by atoms with E-state index in [2.05, 4.69) is 0 Å². The van der Waals surface area contributed by atoms with E-state index in [1.54, 1.807) is 12.1 Å². The fourth-order valence-corrected chi connectivity index (χ4v) is 1.44. The molecule has 2 nitrogen and oxygen atoms in total. The molecule has 0 bridgehead atoms. The summed E-state index contributed by atoms with van der Waals surface area (Å²) in [5.74, 6) is -0.695. The molecule has 0 aliphatic carbocycles. The first-order chi connectivity index (χ1) is 7.79. The standard InChI is InChI=1S/C13H16ClFO2/c1-13(2,3)17-8-10(16)7-9-5-4-6-11(14)12(9)15/h4-6H,7-8H2,1-3H3. The number of carbonyl (C=O) groups is 1. The number of hydrogen-bond acceptors (Lipinski definition) is 2. The lowest BCUT2D eigenvalue weighted by molar-refractivity contribution is -0.127. The average Bonchev–Trinajstić information content (AvgIpc) is 2.21. The topological polar surface area (TPSA) is 26.3 Å². The van der Waals surface area contributed by atoms with Gasteiger partial charge in [0.05, 0.1) is 10.6 Å². The van der Waals surface area contributed by atoms with Gasteiger partial charge in [0.1, 0.15) is 12.4 Å². The fourth-order valence-electron chi connectivity index (χ4n) is 1.25. The molecule has 0 saturated carbocycles. The Hall–Kier alpha value is -0.930. The van der Waals surface area contributed by atoms with Crippen molar-refractivity contribution < 1.29 is 13.9 Å². The molecule has 0 aliphatic heterocycles. The van der Waals surface area contributed by atoms with Crippen molar-refractivity contribution in [2.24, 2.45) is 0 Å². The number of halogens is 2. The third-order valence-electron chi connectivity index (χ3n) is 2.09. The van der Waals surface area contributed by atoms with Crippen molar-refractivity contribution in [2.75, 3.05) is 6.61 Å². The summed E-state index contributed by atoms with van der Waals surface area (Å²) in [6.45, 7) is 5.57. The smallest absolute Gasteiger partial charge is 0.162 e. The maximum absolute atomic E-state index is 13.5. The molecule has 1 rings (SSSR count). The molecule has 0 fully saturated rings. The van der Waals surface area contributed by atoms with E-state index >= 15 is 0 Å². The summed E-state index contributed by atoms with van der Waals surface area (Å²) in [7, 11) is 0. The SMILES string of the molecule is CC(C)(C)OCC(=O)Cc1cccc(Cl)c1F. The zero-order valence-electron chi connectivity index (χ0n) is 10.2. The molecular formula is C13H16ClFO2. The predicted octanol–water partition coefficient (Wildman–Crippen LogP) is 3.41. The molecule has 0 heterocycles. The summed E-state index contributed by atoms with van der Waals surface area (Å²) in [5, 5.41) is 0.0343. The first kappa shape index (κ1) is 14.1. The Bertz CT molecular complexity index is 410. The summed E-state index contributed by atoms with van der Waals surface area (Å²) in [5.41, 5.74) is -0.0669. The summed E-state index contributed by atoms with van der Waals surface area (Å²) < 4.78 is 18.8. The summed E-state index contributed by atoms with van der Waals surface area (Å²) in [6.07, 6.45) is 0.00245. The van der Waals surface area contributed by atoms with Crippen LogP contribution in [0.3, 0.4) is 0 Å². The molecular weight excluding hydrogens is 243 g/mol. The highest BCUT2D eigenvalue weighted by atomic mass is 35.5. The van der Waals surface area contributed by atoms with Gasteiger partial charge in [0.2, 0.25) is 0 Å². The highest BCUT2D eigenvalue weighted by molar-refractivity contribution is 6.30. The van der Waals surface area contributed by atoms with E-state index in [1.165, 1.54) is 6.07 Å². The highest BCUT2D eigenvalue weighted by Gasteiger charge is 2.15. The second kappa shape index (κ2) is 5.61. The first-order valence-corrected chi connectivity index (χ1v) is 5.76. The zero-order chi connectivity index (χ0) is 13.1. The van der Waals surface area contributed by atoms with Gasteiger partial charge in [-0.3, -0.25) is 4.79 Å². The largest absolute Gasteiger partial charge is 0.368 e. The van der Waals surface area contributed by atoms with Gasteiger partial charge < -0.3 is 4.74 Å². The number of ketones is 1. The van der Waals surface area contributed by atoms with Crippen LogP contribution in [0.2, 0.25) is 5.02 Å². The van der Waals surface area contributed by atoms with Gasteiger partial charge in [-0.25, -0.2) is 4.39 Å². The van der Waals surface area contributed by atoms with Gasteiger partial charge in [0.15, 0.2) is 5.78 Å². The van der Waals surface area contributed by atoms with Crippen LogP contribution < -0.4 is 0 Å². The van der Waals surface area contributed by atoms with Crippen LogP contribution >= 0.6 is 11.6 Å². The Balaban J connectivity index is 2.60. The lowest BCUT2D eigenvalue weighted by Crippen LogP contribution is -2.24. The van der Waals surface area contributed by atoms with Crippen molar-refractivity contribution in [3.63, 3.8) is 0 Å². The van der Waals surface area contributed by atoms with Gasteiger partial charge in [-0.15, -0.1) is 0 Å². The first-order valence-electron chi connectivity index (χ1n) is 5.38. The molecule has 0 atom stereocenters. The molecule has 4 heteroatoms. The van der Waals surface area contributed by atoms with Gasteiger partial charge in [-0.05, 0) is 32.4 Å². The maximum Gasteiger partial charge on any atom is 0.162 e. The average molecular weight is 259 g/mol. The monoisotopic (exact) mass is 258 g/mol. The Morgan fingerprint density at radius 1 is 1.41 bits per heavy atom. The molecule has 0 saturated heterocycles. The maximum atomic E-state index is 13.5. The predicted molar refractivity (Wildman–Crippen MR) is 65.8 cm³/mol. The second-order valence-electron chi connectivity index (χ2n) is 4.83. The van der Waals surface area contributed by atoms with E-state index in [0.29, 0.717) is 5.56 Å². The molecule has 0 amide bonds. The van der Waals surface area contributed by atoms with E-state index in [4.69, 9.17) is 16.3 Å². The molecule has 0 N–H and O–H groups in total. The van der Waals surface area contributed by atoms with E-state index < -0.39 is 5.82 Å². The minimum atomic E-state index is -0.529. The van der Waals surface area contributed by atoms with Crippen molar-refractivity contribution in [2.45, 2.75) is 32.8 Å². The molecule has 0 unspecified atom stereocenters. The molecule has 17 heavy (non-hydrogen) atoms. The Morgan fingerprint density at radius 2 is 2.06 bits per heavy atom. The third kappa shape index (κ3) is 4.84. The van der Waals surface area contributed by atoms with E-state index in [0.717, 1.165) is 0 Å². The number of carbonyl (C=O) groups excluding carboxylic acids is 1. The van der Waals surface area contributed by atoms with Crippen LogP contribution in [0.4, 0.5) is 4.39 Å². The van der Waals surface area contributed by atoms with E-state index in [-0.39, 0.29) is 29.4 Å². The van der Waals surface area contributed by atoms with Gasteiger partial charge >= 0.3 is 0 Å². The van der Waals surface area contributed by atoms with E-state index in [1.807, 2.05) is 20.8 Å². The lowest BCUT2D eigenvalue weighted by Gasteiger charge is -2.18. The van der Waals surface area contributed by atoms with Gasteiger partial charge in [0.25, 0.3) is 0 Å². The third-order valence-corrected chi connectivity index (χ3v) is 2.38. The quantitative estimate of drug-likeness (QED) is 0.827. The van der Waals surface area contributed by atoms with Crippen LogP contribution in [0, 0.1) is 5.82 Å². The number of benzene rings is 1. The number of hydrogen-bond donors (Lipinski definition) is 0. The van der Waals surface area contributed by atoms with Gasteiger partial charge in [-0.2, -0.15) is 0 Å². The summed E-state index contributed by atoms with van der Waals surface area (Å²) >= 11 is 5.63. The number of rotatable bonds is 4. The fraction of sp³-hybridized carbons (Fsp3) is 0.462. The van der Waals surface area contributed by atoms with Gasteiger partial charge in [0, 0.05) is 6.42 Å². The number of ether oxygens (including phenoxy) is 1. The Kier molecular flexibility index (Phi) is 4.66. The Morgan fingerprint density at radius 3 is 2.65 bits per heavy atom. The molecule has 0 aliphatic rings. The van der Waals surface area contributed by atoms with Crippen molar-refractivity contribution in [1.82, 2.24) is 0 Å². The van der Waals surface area contributed by atoms with Crippen LogP contribution in [-0.2, 0) is 16.0 Å². The number of Topliss-reactive ketones (excluding diaryl/α,β-unsaturated/α-hetero) is 1. The minimum absolute atomic E-state index is 0.00245. The van der Waals surface area contributed by atoms with Crippen LogP contribution in [0.25, 0.3) is 0 Å². The van der Waals surface area contributed by atoms with Crippen molar-refractivity contribution in [3.05, 3.63) is 34.6 Å². The molecule has 1 aromatic carbocycles. The molecule has 0 radical (unpaired) electrons. The lowest BCUT2D eigenvalue weighted by atomic mass is 10.1. The Labute approximate surface area is 106 Å². The molecule has 1 aromatic rings. The summed E-state index contributed by atoms with van der Waals surface area (Å²) in [4.78, 5) is 11.6. The normalized spacial score (nSPS) is 11.6. The van der Waals surface area contributed by atoms with Crippen LogP contribution in [-0.4, -0.2) is 18.0 Å². The van der Waals surface area contributed by atoms with Crippen LogP contribution in [0.5, 0.6) is 0 Å². The molecule has 0 spiro atoms. The van der Waals surface area contributed by atoms with Crippen LogP contribution in [0.1, 0.15) is 26.3 Å². The highest BCUT2D eigenvalue weighted by Crippen LogP contribution is 2.18. The second-order valence-corrected chi connectivity index (χ2v) is 5.24. The van der Waals surface area contributed by atoms with Crippen LogP contribution in [0.15, 0.2) is 18.2 Å². The summed E-state index contributed by atoms with van der Waals surface area (Å²) in [6, 6.07) is 4.63. The van der Waals surface area contributed by atoms with Crippen molar-refractivity contribution >= 4 is 17.4 Å². The minimum Gasteiger partial charge on any atom is -0.368 e. The zero-order valence-corrected chi connectivity index (χ0v) is 11.0. The van der Waals surface area contributed by atoms with Gasteiger partial charge in [-0.1, -0.05) is 23.7 Å². The molecule has 94 valence electrons. The van der Waals surface area contributed by atoms with E-state index in [9.17, 15) is 9.18 Å².